The number of benzene rings is 1. The topological polar surface area (TPSA) is 55.6 Å². The molecule has 5 nitrogen and oxygen atoms in total. The second-order valence-corrected chi connectivity index (χ2v) is 3.87. The third-order valence-corrected chi connectivity index (χ3v) is 2.56. The van der Waals surface area contributed by atoms with E-state index in [0.29, 0.717) is 0 Å². The van der Waals surface area contributed by atoms with E-state index in [1.165, 1.54) is 11.0 Å². The van der Waals surface area contributed by atoms with Crippen molar-refractivity contribution < 1.29 is 8.78 Å². The lowest BCUT2D eigenvalue weighted by Gasteiger charge is -2.14. The summed E-state index contributed by atoms with van der Waals surface area (Å²) in [5.41, 5.74) is 1.70. The summed E-state index contributed by atoms with van der Waals surface area (Å²) in [6.07, 6.45) is -0.869. The van der Waals surface area contributed by atoms with Gasteiger partial charge in [-0.05, 0) is 35.0 Å². The van der Waals surface area contributed by atoms with Crippen molar-refractivity contribution in [3.8, 4) is 5.69 Å². The molecule has 0 aliphatic heterocycles. The minimum absolute atomic E-state index is 0.157. The first-order valence-corrected chi connectivity index (χ1v) is 5.51. The number of alkyl halides is 2. The molecular weight excluding hydrogens is 240 g/mol. The molecule has 0 spiro atoms. The van der Waals surface area contributed by atoms with Gasteiger partial charge in [-0.3, -0.25) is 0 Å². The smallest absolute Gasteiger partial charge is 0.250 e. The van der Waals surface area contributed by atoms with Gasteiger partial charge < -0.3 is 5.32 Å². The van der Waals surface area contributed by atoms with Crippen LogP contribution in [0.3, 0.4) is 0 Å². The zero-order chi connectivity index (χ0) is 13.0. The van der Waals surface area contributed by atoms with Crippen molar-refractivity contribution in [2.45, 2.75) is 19.4 Å². The number of aromatic nitrogens is 4. The van der Waals surface area contributed by atoms with Crippen LogP contribution in [-0.2, 0) is 0 Å². The van der Waals surface area contributed by atoms with Crippen LogP contribution >= 0.6 is 0 Å². The molecule has 1 aromatic heterocycles. The minimum Gasteiger partial charge on any atom is -0.305 e. The first kappa shape index (κ1) is 12.6. The molecule has 1 unspecified atom stereocenters. The van der Waals surface area contributed by atoms with Crippen LogP contribution in [0, 0.1) is 0 Å². The molecule has 7 heteroatoms. The molecule has 0 aliphatic carbocycles. The van der Waals surface area contributed by atoms with E-state index in [4.69, 9.17) is 0 Å². The zero-order valence-corrected chi connectivity index (χ0v) is 9.79. The molecule has 1 heterocycles. The van der Waals surface area contributed by atoms with Gasteiger partial charge in [-0.2, -0.15) is 0 Å². The Kier molecular flexibility index (Phi) is 3.93. The highest BCUT2D eigenvalue weighted by Gasteiger charge is 2.09. The molecule has 0 bridgehead atoms. The Morgan fingerprint density at radius 1 is 1.39 bits per heavy atom. The molecule has 0 amide bonds. The molecule has 2 rings (SSSR count). The summed E-state index contributed by atoms with van der Waals surface area (Å²) in [5, 5.41) is 13.6. The molecule has 96 valence electrons. The lowest BCUT2D eigenvalue weighted by atomic mass is 10.1. The predicted octanol–water partition coefficient (Wildman–Crippen LogP) is 1.58. The molecular formula is C11H13F2N5. The van der Waals surface area contributed by atoms with E-state index in [0.717, 1.165) is 11.3 Å². The summed E-state index contributed by atoms with van der Waals surface area (Å²) in [4.78, 5) is 0. The number of hydrogen-bond donors (Lipinski definition) is 1. The molecule has 1 aromatic carbocycles. The first-order valence-electron chi connectivity index (χ1n) is 5.51. The van der Waals surface area contributed by atoms with Crippen molar-refractivity contribution in [2.75, 3.05) is 6.54 Å². The van der Waals surface area contributed by atoms with Crippen molar-refractivity contribution in [1.82, 2.24) is 25.5 Å². The highest BCUT2D eigenvalue weighted by Crippen LogP contribution is 2.16. The van der Waals surface area contributed by atoms with Crippen LogP contribution in [0.4, 0.5) is 8.78 Å². The van der Waals surface area contributed by atoms with Gasteiger partial charge in [0.05, 0.1) is 12.2 Å². The Morgan fingerprint density at radius 3 is 2.89 bits per heavy atom. The molecule has 0 fully saturated rings. The summed E-state index contributed by atoms with van der Waals surface area (Å²) in [6, 6.07) is 7.26. The molecule has 0 saturated carbocycles. The highest BCUT2D eigenvalue weighted by molar-refractivity contribution is 5.35. The second-order valence-electron chi connectivity index (χ2n) is 3.87. The molecule has 0 aliphatic rings. The first-order chi connectivity index (χ1) is 8.66. The second kappa shape index (κ2) is 5.63. The van der Waals surface area contributed by atoms with E-state index >= 15 is 0 Å². The fraction of sp³-hybridized carbons (Fsp3) is 0.364. The predicted molar refractivity (Wildman–Crippen MR) is 61.6 cm³/mol. The SMILES string of the molecule is CC(NCC(F)F)c1cccc(-n2cnnn2)c1. The Morgan fingerprint density at radius 2 is 2.22 bits per heavy atom. The third-order valence-electron chi connectivity index (χ3n) is 2.56. The van der Waals surface area contributed by atoms with Crippen molar-refractivity contribution >= 4 is 0 Å². The maximum Gasteiger partial charge on any atom is 0.250 e. The zero-order valence-electron chi connectivity index (χ0n) is 9.79. The molecule has 1 atom stereocenters. The highest BCUT2D eigenvalue weighted by atomic mass is 19.3. The van der Waals surface area contributed by atoms with Crippen molar-refractivity contribution in [1.29, 1.82) is 0 Å². The van der Waals surface area contributed by atoms with Crippen LogP contribution in [0.2, 0.25) is 0 Å². The number of nitrogens with zero attached hydrogens (tertiary/aromatic N) is 4. The Balaban J connectivity index is 2.12. The fourth-order valence-electron chi connectivity index (χ4n) is 1.60. The van der Waals surface area contributed by atoms with Crippen LogP contribution in [0.5, 0.6) is 0 Å². The minimum atomic E-state index is -2.35. The van der Waals surface area contributed by atoms with E-state index in [-0.39, 0.29) is 12.6 Å². The van der Waals surface area contributed by atoms with Gasteiger partial charge in [0.2, 0.25) is 0 Å². The summed E-state index contributed by atoms with van der Waals surface area (Å²) >= 11 is 0. The molecule has 0 saturated heterocycles. The molecule has 2 aromatic rings. The average Bonchev–Trinajstić information content (AvgIpc) is 2.90. The molecule has 1 N–H and O–H groups in total. The van der Waals surface area contributed by atoms with Gasteiger partial charge in [-0.15, -0.1) is 5.10 Å². The number of rotatable bonds is 5. The largest absolute Gasteiger partial charge is 0.305 e. The van der Waals surface area contributed by atoms with Gasteiger partial charge in [0.15, 0.2) is 0 Å². The van der Waals surface area contributed by atoms with Gasteiger partial charge in [0, 0.05) is 6.04 Å². The van der Waals surface area contributed by atoms with Crippen LogP contribution in [-0.4, -0.2) is 33.2 Å². The fourth-order valence-corrected chi connectivity index (χ4v) is 1.60. The summed E-state index contributed by atoms with van der Waals surface area (Å²) in [5.74, 6) is 0. The Bertz CT molecular complexity index is 486. The summed E-state index contributed by atoms with van der Waals surface area (Å²) in [7, 11) is 0. The van der Waals surface area contributed by atoms with Crippen molar-refractivity contribution in [3.63, 3.8) is 0 Å². The lowest BCUT2D eigenvalue weighted by Crippen LogP contribution is -2.24. The third kappa shape index (κ3) is 3.07. The summed E-state index contributed by atoms with van der Waals surface area (Å²) < 4.78 is 25.8. The lowest BCUT2D eigenvalue weighted by molar-refractivity contribution is 0.142. The number of hydrogen-bond acceptors (Lipinski definition) is 4. The maximum atomic E-state index is 12.1. The van der Waals surface area contributed by atoms with E-state index in [1.807, 2.05) is 31.2 Å². The normalized spacial score (nSPS) is 12.9. The van der Waals surface area contributed by atoms with E-state index in [2.05, 4.69) is 20.8 Å². The van der Waals surface area contributed by atoms with Gasteiger partial charge in [-0.1, -0.05) is 12.1 Å². The Hall–Kier alpha value is -1.89. The van der Waals surface area contributed by atoms with E-state index < -0.39 is 6.43 Å². The van der Waals surface area contributed by atoms with Gasteiger partial charge in [0.25, 0.3) is 6.43 Å². The number of nitrogens with one attached hydrogen (secondary N) is 1. The van der Waals surface area contributed by atoms with Gasteiger partial charge in [-0.25, -0.2) is 13.5 Å². The number of tetrazole rings is 1. The van der Waals surface area contributed by atoms with E-state index in [9.17, 15) is 8.78 Å². The van der Waals surface area contributed by atoms with E-state index in [1.54, 1.807) is 0 Å². The quantitative estimate of drug-likeness (QED) is 0.879. The maximum absolute atomic E-state index is 12.1. The summed E-state index contributed by atoms with van der Waals surface area (Å²) in [6.45, 7) is 1.51. The van der Waals surface area contributed by atoms with Crippen LogP contribution in [0.15, 0.2) is 30.6 Å². The molecule has 0 radical (unpaired) electrons. The van der Waals surface area contributed by atoms with Gasteiger partial charge in [0.1, 0.15) is 6.33 Å². The van der Waals surface area contributed by atoms with Gasteiger partial charge >= 0.3 is 0 Å². The monoisotopic (exact) mass is 253 g/mol. The standard InChI is InChI=1S/C11H13F2N5/c1-8(14-6-11(12)13)9-3-2-4-10(5-9)18-7-15-16-17-18/h2-5,7-8,11,14H,6H2,1H3. The van der Waals surface area contributed by atoms with Crippen LogP contribution < -0.4 is 5.32 Å². The number of halogens is 2. The molecule has 18 heavy (non-hydrogen) atoms. The van der Waals surface area contributed by atoms with Crippen LogP contribution in [0.1, 0.15) is 18.5 Å². The van der Waals surface area contributed by atoms with Crippen molar-refractivity contribution in [2.24, 2.45) is 0 Å². The van der Waals surface area contributed by atoms with Crippen LogP contribution in [0.25, 0.3) is 5.69 Å². The van der Waals surface area contributed by atoms with Crippen molar-refractivity contribution in [3.05, 3.63) is 36.2 Å². The average molecular weight is 253 g/mol. The Labute approximate surface area is 103 Å².